The maximum Gasteiger partial charge on any atom is 0.573 e. The maximum atomic E-state index is 12.1. The molecule has 1 aromatic carbocycles. The van der Waals surface area contributed by atoms with E-state index < -0.39 is 12.5 Å². The zero-order valence-corrected chi connectivity index (χ0v) is 15.1. The summed E-state index contributed by atoms with van der Waals surface area (Å²) >= 11 is 0. The second kappa shape index (κ2) is 9.42. The summed E-state index contributed by atoms with van der Waals surface area (Å²) in [6.07, 6.45) is -2.47. The van der Waals surface area contributed by atoms with Crippen LogP contribution < -0.4 is 15.8 Å². The van der Waals surface area contributed by atoms with Crippen LogP contribution in [0.2, 0.25) is 0 Å². The quantitative estimate of drug-likeness (QED) is 0.357. The minimum Gasteiger partial charge on any atom is -0.406 e. The molecule has 0 fully saturated rings. The molecule has 0 saturated heterocycles. The fraction of sp³-hybridized carbons (Fsp3) is 0.200. The van der Waals surface area contributed by atoms with Crippen LogP contribution in [0.4, 0.5) is 18.9 Å². The largest absolute Gasteiger partial charge is 0.573 e. The molecule has 0 amide bonds. The van der Waals surface area contributed by atoms with Gasteiger partial charge in [0.25, 0.3) is 0 Å². The number of aliphatic hydroxyl groups excluding tert-OH is 1. The predicted octanol–water partition coefficient (Wildman–Crippen LogP) is 3.06. The molecule has 136 valence electrons. The predicted molar refractivity (Wildman–Crippen MR) is 97.8 cm³/mol. The van der Waals surface area contributed by atoms with Gasteiger partial charge in [0.1, 0.15) is 5.75 Å². The Balaban J connectivity index is 0.00000312. The van der Waals surface area contributed by atoms with Crippen molar-refractivity contribution in [3.63, 3.8) is 0 Å². The van der Waals surface area contributed by atoms with Gasteiger partial charge in [-0.1, -0.05) is 0 Å². The number of anilines is 1. The van der Waals surface area contributed by atoms with Gasteiger partial charge in [0.05, 0.1) is 12.6 Å². The number of halogens is 4. The summed E-state index contributed by atoms with van der Waals surface area (Å²) in [5.74, 6) is -0.315. The molecule has 0 bridgehead atoms. The summed E-state index contributed by atoms with van der Waals surface area (Å²) in [7, 11) is 0. The Hall–Kier alpha value is -2.08. The van der Waals surface area contributed by atoms with Gasteiger partial charge in [0, 0.05) is 18.1 Å². The van der Waals surface area contributed by atoms with E-state index in [4.69, 9.17) is 5.73 Å². The van der Waals surface area contributed by atoms with Crippen molar-refractivity contribution in [3.05, 3.63) is 54.4 Å². The minimum atomic E-state index is -4.74. The molecule has 1 heterocycles. The molecular weight excluding hydrogens is 452 g/mol. The smallest absolute Gasteiger partial charge is 0.406 e. The molecule has 0 aliphatic rings. The SMILES string of the molecule is I.NC(=NCC(O)c1ccncc1)Nc1ccc(OC(F)(F)F)cc1. The van der Waals surface area contributed by atoms with Crippen molar-refractivity contribution in [2.45, 2.75) is 12.5 Å². The highest BCUT2D eigenvalue weighted by Crippen LogP contribution is 2.23. The van der Waals surface area contributed by atoms with Crippen LogP contribution in [0.5, 0.6) is 5.75 Å². The van der Waals surface area contributed by atoms with Crippen LogP contribution >= 0.6 is 24.0 Å². The molecule has 1 atom stereocenters. The van der Waals surface area contributed by atoms with Crippen molar-refractivity contribution >= 4 is 35.6 Å². The number of alkyl halides is 3. The van der Waals surface area contributed by atoms with Crippen LogP contribution in [-0.4, -0.2) is 29.0 Å². The first-order chi connectivity index (χ1) is 11.3. The molecule has 2 rings (SSSR count). The number of aliphatic imine (C=N–C) groups is 1. The summed E-state index contributed by atoms with van der Waals surface area (Å²) < 4.78 is 40.0. The first-order valence-corrected chi connectivity index (χ1v) is 6.84. The number of ether oxygens (including phenoxy) is 1. The summed E-state index contributed by atoms with van der Waals surface area (Å²) in [5, 5.41) is 12.6. The van der Waals surface area contributed by atoms with Crippen LogP contribution in [0.1, 0.15) is 11.7 Å². The van der Waals surface area contributed by atoms with Crippen LogP contribution in [0.3, 0.4) is 0 Å². The Kier molecular flexibility index (Phi) is 7.90. The number of pyridine rings is 1. The molecule has 0 aliphatic heterocycles. The summed E-state index contributed by atoms with van der Waals surface area (Å²) in [6, 6.07) is 8.34. The number of nitrogens with two attached hydrogens (primary N) is 1. The zero-order chi connectivity index (χ0) is 17.6. The standard InChI is InChI=1S/C15H15F3N4O2.HI/c16-15(17,18)24-12-3-1-11(2-4-12)22-14(19)21-9-13(23)10-5-7-20-8-6-10;/h1-8,13,23H,9H2,(H3,19,21,22);1H. The van der Waals surface area contributed by atoms with Crippen molar-refractivity contribution < 1.29 is 23.0 Å². The Bertz CT molecular complexity index is 681. The maximum absolute atomic E-state index is 12.1. The Morgan fingerprint density at radius 3 is 2.36 bits per heavy atom. The molecule has 6 nitrogen and oxygen atoms in total. The fourth-order valence-corrected chi connectivity index (χ4v) is 1.80. The summed E-state index contributed by atoms with van der Waals surface area (Å²) in [5.41, 5.74) is 6.76. The molecule has 0 radical (unpaired) electrons. The van der Waals surface area contributed by atoms with E-state index in [-0.39, 0.29) is 42.2 Å². The average molecular weight is 468 g/mol. The van der Waals surface area contributed by atoms with E-state index in [1.807, 2.05) is 0 Å². The number of aliphatic hydroxyl groups is 1. The van der Waals surface area contributed by atoms with Gasteiger partial charge in [-0.15, -0.1) is 37.1 Å². The van der Waals surface area contributed by atoms with E-state index in [0.29, 0.717) is 11.3 Å². The van der Waals surface area contributed by atoms with E-state index in [0.717, 1.165) is 12.1 Å². The van der Waals surface area contributed by atoms with Gasteiger partial charge in [-0.3, -0.25) is 9.98 Å². The number of aromatic nitrogens is 1. The second-order valence-corrected chi connectivity index (χ2v) is 4.72. The van der Waals surface area contributed by atoms with E-state index in [9.17, 15) is 18.3 Å². The highest BCUT2D eigenvalue weighted by molar-refractivity contribution is 14.0. The molecule has 2 aromatic rings. The molecular formula is C15H16F3IN4O2. The number of guanidine groups is 1. The number of hydrogen-bond donors (Lipinski definition) is 3. The van der Waals surface area contributed by atoms with Crippen molar-refractivity contribution in [1.29, 1.82) is 0 Å². The number of nitrogens with one attached hydrogen (secondary N) is 1. The molecule has 10 heteroatoms. The van der Waals surface area contributed by atoms with Gasteiger partial charge >= 0.3 is 6.36 Å². The third-order valence-electron chi connectivity index (χ3n) is 2.89. The van der Waals surface area contributed by atoms with Gasteiger partial charge in [0.2, 0.25) is 0 Å². The molecule has 1 unspecified atom stereocenters. The number of rotatable bonds is 5. The highest BCUT2D eigenvalue weighted by atomic mass is 127. The van der Waals surface area contributed by atoms with Crippen molar-refractivity contribution in [1.82, 2.24) is 4.98 Å². The Labute approximate surface area is 159 Å². The molecule has 1 aromatic heterocycles. The van der Waals surface area contributed by atoms with Crippen LogP contribution in [0.15, 0.2) is 53.8 Å². The first-order valence-electron chi connectivity index (χ1n) is 6.84. The van der Waals surface area contributed by atoms with Gasteiger partial charge in [-0.25, -0.2) is 0 Å². The lowest BCUT2D eigenvalue weighted by Crippen LogP contribution is -2.23. The third kappa shape index (κ3) is 7.56. The third-order valence-corrected chi connectivity index (χ3v) is 2.89. The van der Waals surface area contributed by atoms with Gasteiger partial charge in [0.15, 0.2) is 5.96 Å². The van der Waals surface area contributed by atoms with Crippen LogP contribution in [0.25, 0.3) is 0 Å². The summed E-state index contributed by atoms with van der Waals surface area (Å²) in [6.45, 7) is 0.0259. The van der Waals surface area contributed by atoms with E-state index in [1.54, 1.807) is 24.5 Å². The monoisotopic (exact) mass is 468 g/mol. The number of benzene rings is 1. The van der Waals surface area contributed by atoms with E-state index in [2.05, 4.69) is 20.0 Å². The Morgan fingerprint density at radius 2 is 1.80 bits per heavy atom. The normalized spacial score (nSPS) is 12.9. The number of hydrogen-bond acceptors (Lipinski definition) is 4. The fourth-order valence-electron chi connectivity index (χ4n) is 1.80. The zero-order valence-electron chi connectivity index (χ0n) is 12.8. The summed E-state index contributed by atoms with van der Waals surface area (Å²) in [4.78, 5) is 7.82. The highest BCUT2D eigenvalue weighted by Gasteiger charge is 2.30. The average Bonchev–Trinajstić information content (AvgIpc) is 2.54. The second-order valence-electron chi connectivity index (χ2n) is 4.72. The van der Waals surface area contributed by atoms with Gasteiger partial charge in [-0.05, 0) is 42.0 Å². The molecule has 4 N–H and O–H groups in total. The number of nitrogens with zero attached hydrogens (tertiary/aromatic N) is 2. The van der Waals surface area contributed by atoms with Crippen LogP contribution in [0, 0.1) is 0 Å². The van der Waals surface area contributed by atoms with E-state index in [1.165, 1.54) is 12.1 Å². The van der Waals surface area contributed by atoms with Crippen molar-refractivity contribution in [2.75, 3.05) is 11.9 Å². The lowest BCUT2D eigenvalue weighted by atomic mass is 10.1. The lowest BCUT2D eigenvalue weighted by molar-refractivity contribution is -0.274. The lowest BCUT2D eigenvalue weighted by Gasteiger charge is -2.11. The molecule has 25 heavy (non-hydrogen) atoms. The Morgan fingerprint density at radius 1 is 1.20 bits per heavy atom. The van der Waals surface area contributed by atoms with E-state index >= 15 is 0 Å². The van der Waals surface area contributed by atoms with Gasteiger partial charge < -0.3 is 20.9 Å². The van der Waals surface area contributed by atoms with Crippen molar-refractivity contribution in [2.24, 2.45) is 10.7 Å². The molecule has 0 aliphatic carbocycles. The molecule has 0 spiro atoms. The van der Waals surface area contributed by atoms with Crippen molar-refractivity contribution in [3.8, 4) is 5.75 Å². The van der Waals surface area contributed by atoms with Crippen LogP contribution in [-0.2, 0) is 0 Å². The van der Waals surface area contributed by atoms with Gasteiger partial charge in [-0.2, -0.15) is 0 Å². The topological polar surface area (TPSA) is 92.8 Å². The molecule has 0 saturated carbocycles. The first kappa shape index (κ1) is 21.0. The minimum absolute atomic E-state index is 0.